The van der Waals surface area contributed by atoms with Crippen LogP contribution in [0.15, 0.2) is 24.3 Å². The van der Waals surface area contributed by atoms with Crippen LogP contribution >= 0.6 is 11.3 Å². The summed E-state index contributed by atoms with van der Waals surface area (Å²) in [5.41, 5.74) is 3.38. The quantitative estimate of drug-likeness (QED) is 0.605. The molecule has 0 spiro atoms. The Morgan fingerprint density at radius 1 is 1.24 bits per heavy atom. The zero-order valence-electron chi connectivity index (χ0n) is 9.47. The third kappa shape index (κ3) is 1.21. The van der Waals surface area contributed by atoms with Crippen LogP contribution in [0, 0.1) is 6.92 Å². The predicted octanol–water partition coefficient (Wildman–Crippen LogP) is 3.02. The average molecular weight is 241 g/mol. The van der Waals surface area contributed by atoms with Gasteiger partial charge in [-0.05, 0) is 19.1 Å². The molecule has 0 amide bonds. The molecule has 1 aromatic carbocycles. The van der Waals surface area contributed by atoms with E-state index in [0.717, 1.165) is 35.0 Å². The van der Waals surface area contributed by atoms with Gasteiger partial charge in [-0.25, -0.2) is 9.97 Å². The molecule has 0 N–H and O–H groups in total. The van der Waals surface area contributed by atoms with Crippen molar-refractivity contribution in [1.82, 2.24) is 14.5 Å². The number of aryl methyl sites for hydroxylation is 3. The number of benzene rings is 1. The molecular weight excluding hydrogens is 230 g/mol. The van der Waals surface area contributed by atoms with Crippen molar-refractivity contribution in [3.05, 3.63) is 34.2 Å². The highest BCUT2D eigenvalue weighted by Crippen LogP contribution is 2.34. The molecule has 3 heterocycles. The first-order valence-electron chi connectivity index (χ1n) is 5.75. The average Bonchev–Trinajstić information content (AvgIpc) is 2.87. The molecule has 1 aliphatic rings. The first-order valence-corrected chi connectivity index (χ1v) is 6.56. The van der Waals surface area contributed by atoms with Crippen molar-refractivity contribution in [1.29, 1.82) is 0 Å². The number of hydrogen-bond acceptors (Lipinski definition) is 3. The molecule has 0 aliphatic carbocycles. The number of nitrogens with zero attached hydrogens (tertiary/aromatic N) is 3. The van der Waals surface area contributed by atoms with Crippen LogP contribution in [0.3, 0.4) is 0 Å². The monoisotopic (exact) mass is 241 g/mol. The molecule has 84 valence electrons. The SMILES string of the molecule is Cc1nc2c(s1)CCn1c-2nc2ccccc21. The van der Waals surface area contributed by atoms with Crippen LogP contribution < -0.4 is 0 Å². The highest BCUT2D eigenvalue weighted by Gasteiger charge is 2.23. The van der Waals surface area contributed by atoms with Crippen LogP contribution in [0.5, 0.6) is 0 Å². The third-order valence-electron chi connectivity index (χ3n) is 3.23. The lowest BCUT2D eigenvalue weighted by Gasteiger charge is -2.13. The standard InChI is InChI=1S/C13H11N3S/c1-8-14-12-11(17-8)6-7-16-10-5-3-2-4-9(10)15-13(12)16/h2-5H,6-7H2,1H3. The van der Waals surface area contributed by atoms with Gasteiger partial charge < -0.3 is 4.57 Å². The summed E-state index contributed by atoms with van der Waals surface area (Å²) in [4.78, 5) is 10.7. The first kappa shape index (κ1) is 9.36. The molecule has 0 radical (unpaired) electrons. The molecule has 0 fully saturated rings. The predicted molar refractivity (Wildman–Crippen MR) is 69.3 cm³/mol. The molecule has 17 heavy (non-hydrogen) atoms. The topological polar surface area (TPSA) is 30.7 Å². The van der Waals surface area contributed by atoms with Gasteiger partial charge in [-0.1, -0.05) is 12.1 Å². The number of para-hydroxylation sites is 2. The van der Waals surface area contributed by atoms with Gasteiger partial charge in [-0.2, -0.15) is 0 Å². The van der Waals surface area contributed by atoms with Gasteiger partial charge >= 0.3 is 0 Å². The van der Waals surface area contributed by atoms with Gasteiger partial charge in [0.15, 0.2) is 5.82 Å². The van der Waals surface area contributed by atoms with Gasteiger partial charge in [0, 0.05) is 17.8 Å². The van der Waals surface area contributed by atoms with Gasteiger partial charge in [-0.3, -0.25) is 0 Å². The van der Waals surface area contributed by atoms with E-state index in [0.29, 0.717) is 0 Å². The minimum absolute atomic E-state index is 1.02. The Kier molecular flexibility index (Phi) is 1.74. The lowest BCUT2D eigenvalue weighted by molar-refractivity contribution is 0.706. The van der Waals surface area contributed by atoms with E-state index in [9.17, 15) is 0 Å². The van der Waals surface area contributed by atoms with Crippen molar-refractivity contribution in [2.75, 3.05) is 0 Å². The van der Waals surface area contributed by atoms with Crippen molar-refractivity contribution < 1.29 is 0 Å². The summed E-state index contributed by atoms with van der Waals surface area (Å²) in [6.45, 7) is 3.08. The number of fused-ring (bicyclic) bond motifs is 5. The third-order valence-corrected chi connectivity index (χ3v) is 4.26. The van der Waals surface area contributed by atoms with Crippen molar-refractivity contribution in [2.45, 2.75) is 19.9 Å². The van der Waals surface area contributed by atoms with E-state index in [1.54, 1.807) is 11.3 Å². The largest absolute Gasteiger partial charge is 0.322 e. The lowest BCUT2D eigenvalue weighted by Crippen LogP contribution is -2.09. The molecule has 0 unspecified atom stereocenters. The highest BCUT2D eigenvalue weighted by molar-refractivity contribution is 7.12. The first-order chi connectivity index (χ1) is 8.33. The molecular formula is C13H11N3S. The van der Waals surface area contributed by atoms with E-state index in [1.807, 2.05) is 6.07 Å². The summed E-state index contributed by atoms with van der Waals surface area (Å²) in [5, 5.41) is 1.13. The van der Waals surface area contributed by atoms with Crippen molar-refractivity contribution in [2.24, 2.45) is 0 Å². The molecule has 0 saturated carbocycles. The van der Waals surface area contributed by atoms with E-state index in [1.165, 1.54) is 10.4 Å². The normalized spacial score (nSPS) is 13.7. The number of rotatable bonds is 0. The molecule has 3 nitrogen and oxygen atoms in total. The van der Waals surface area contributed by atoms with Crippen LogP contribution in [-0.2, 0) is 13.0 Å². The molecule has 2 aromatic heterocycles. The van der Waals surface area contributed by atoms with Crippen LogP contribution in [0.4, 0.5) is 0 Å². The molecule has 0 atom stereocenters. The fourth-order valence-corrected chi connectivity index (χ4v) is 3.43. The number of imidazole rings is 1. The second kappa shape index (κ2) is 3.17. The van der Waals surface area contributed by atoms with Gasteiger partial charge in [-0.15, -0.1) is 11.3 Å². The minimum Gasteiger partial charge on any atom is -0.322 e. The van der Waals surface area contributed by atoms with Crippen molar-refractivity contribution in [3.8, 4) is 11.5 Å². The number of thiazole rings is 1. The molecule has 4 rings (SSSR count). The van der Waals surface area contributed by atoms with Crippen molar-refractivity contribution in [3.63, 3.8) is 0 Å². The second-order valence-corrected chi connectivity index (χ2v) is 5.62. The summed E-state index contributed by atoms with van der Waals surface area (Å²) in [7, 11) is 0. The summed E-state index contributed by atoms with van der Waals surface area (Å²) in [5.74, 6) is 1.04. The van der Waals surface area contributed by atoms with Gasteiger partial charge in [0.1, 0.15) is 5.69 Å². The Morgan fingerprint density at radius 2 is 2.12 bits per heavy atom. The molecule has 4 heteroatoms. The maximum Gasteiger partial charge on any atom is 0.160 e. The molecule has 1 aliphatic heterocycles. The Hall–Kier alpha value is -1.68. The summed E-state index contributed by atoms with van der Waals surface area (Å²) >= 11 is 1.80. The lowest BCUT2D eigenvalue weighted by atomic mass is 10.2. The Morgan fingerprint density at radius 3 is 3.06 bits per heavy atom. The van der Waals surface area contributed by atoms with E-state index in [-0.39, 0.29) is 0 Å². The van der Waals surface area contributed by atoms with E-state index < -0.39 is 0 Å². The summed E-state index contributed by atoms with van der Waals surface area (Å²) < 4.78 is 2.29. The highest BCUT2D eigenvalue weighted by atomic mass is 32.1. The minimum atomic E-state index is 1.02. The molecule has 0 saturated heterocycles. The Balaban J connectivity index is 2.09. The number of aromatic nitrogens is 3. The molecule has 0 bridgehead atoms. The fourth-order valence-electron chi connectivity index (χ4n) is 2.51. The Bertz CT molecular complexity index is 723. The van der Waals surface area contributed by atoms with E-state index in [4.69, 9.17) is 4.98 Å². The number of hydrogen-bond donors (Lipinski definition) is 0. The smallest absolute Gasteiger partial charge is 0.160 e. The zero-order chi connectivity index (χ0) is 11.4. The second-order valence-electron chi connectivity index (χ2n) is 4.33. The Labute approximate surface area is 103 Å². The maximum atomic E-state index is 4.72. The van der Waals surface area contributed by atoms with Crippen LogP contribution in [0.1, 0.15) is 9.88 Å². The van der Waals surface area contributed by atoms with Crippen molar-refractivity contribution >= 4 is 22.4 Å². The zero-order valence-corrected chi connectivity index (χ0v) is 10.3. The molecule has 3 aromatic rings. The van der Waals surface area contributed by atoms with Crippen LogP contribution in [0.2, 0.25) is 0 Å². The summed E-state index contributed by atoms with van der Waals surface area (Å²) in [6.07, 6.45) is 1.08. The maximum absolute atomic E-state index is 4.72. The summed E-state index contributed by atoms with van der Waals surface area (Å²) in [6, 6.07) is 8.31. The van der Waals surface area contributed by atoms with E-state index in [2.05, 4.69) is 34.7 Å². The van der Waals surface area contributed by atoms with Crippen LogP contribution in [0.25, 0.3) is 22.6 Å². The van der Waals surface area contributed by atoms with Gasteiger partial charge in [0.25, 0.3) is 0 Å². The van der Waals surface area contributed by atoms with Gasteiger partial charge in [0.05, 0.1) is 16.0 Å². The van der Waals surface area contributed by atoms with E-state index >= 15 is 0 Å². The van der Waals surface area contributed by atoms with Crippen LogP contribution in [-0.4, -0.2) is 14.5 Å². The fraction of sp³-hybridized carbons (Fsp3) is 0.231. The van der Waals surface area contributed by atoms with Gasteiger partial charge in [0.2, 0.25) is 0 Å².